The molecule has 0 bridgehead atoms. The van der Waals surface area contributed by atoms with Crippen LogP contribution in [-0.4, -0.2) is 16.5 Å². The SMILES string of the molecule is CC(C)(CNc1ccnc(Cl)n1)c1cccs1. The summed E-state index contributed by atoms with van der Waals surface area (Å²) in [6.07, 6.45) is 1.65. The summed E-state index contributed by atoms with van der Waals surface area (Å²) in [5, 5.41) is 5.65. The van der Waals surface area contributed by atoms with Crippen molar-refractivity contribution >= 4 is 28.8 Å². The summed E-state index contributed by atoms with van der Waals surface area (Å²) in [6, 6.07) is 6.04. The minimum atomic E-state index is 0.0750. The van der Waals surface area contributed by atoms with Gasteiger partial charge in [0.25, 0.3) is 0 Å². The van der Waals surface area contributed by atoms with Crippen LogP contribution in [-0.2, 0) is 5.41 Å². The van der Waals surface area contributed by atoms with Gasteiger partial charge in [0, 0.05) is 23.0 Å². The van der Waals surface area contributed by atoms with Gasteiger partial charge in [-0.1, -0.05) is 19.9 Å². The van der Waals surface area contributed by atoms with Crippen LogP contribution < -0.4 is 5.32 Å². The summed E-state index contributed by atoms with van der Waals surface area (Å²) in [6.45, 7) is 5.21. The Labute approximate surface area is 110 Å². The van der Waals surface area contributed by atoms with Crippen LogP contribution in [0.5, 0.6) is 0 Å². The highest BCUT2D eigenvalue weighted by Crippen LogP contribution is 2.27. The van der Waals surface area contributed by atoms with Gasteiger partial charge in [-0.15, -0.1) is 11.3 Å². The molecule has 2 aromatic rings. The van der Waals surface area contributed by atoms with Gasteiger partial charge < -0.3 is 5.32 Å². The molecule has 0 aliphatic heterocycles. The van der Waals surface area contributed by atoms with Gasteiger partial charge in [-0.05, 0) is 29.1 Å². The lowest BCUT2D eigenvalue weighted by molar-refractivity contribution is 0.568. The van der Waals surface area contributed by atoms with Gasteiger partial charge in [0.15, 0.2) is 0 Å². The van der Waals surface area contributed by atoms with Gasteiger partial charge in [0.2, 0.25) is 5.28 Å². The molecular formula is C12H14ClN3S. The van der Waals surface area contributed by atoms with Crippen LogP contribution in [0.3, 0.4) is 0 Å². The Bertz CT molecular complexity index is 482. The lowest BCUT2D eigenvalue weighted by atomic mass is 9.91. The molecule has 0 aromatic carbocycles. The van der Waals surface area contributed by atoms with Crippen LogP contribution in [0.4, 0.5) is 5.82 Å². The summed E-state index contributed by atoms with van der Waals surface area (Å²) in [5.74, 6) is 0.759. The van der Waals surface area contributed by atoms with E-state index in [-0.39, 0.29) is 10.7 Å². The number of thiophene rings is 1. The van der Waals surface area contributed by atoms with Crippen molar-refractivity contribution in [1.82, 2.24) is 9.97 Å². The smallest absolute Gasteiger partial charge is 0.224 e. The number of anilines is 1. The van der Waals surface area contributed by atoms with E-state index in [1.165, 1.54) is 4.88 Å². The van der Waals surface area contributed by atoms with Crippen molar-refractivity contribution in [3.05, 3.63) is 39.9 Å². The predicted octanol–water partition coefficient (Wildman–Crippen LogP) is 3.58. The Hall–Kier alpha value is -1.13. The summed E-state index contributed by atoms with van der Waals surface area (Å²) in [5.41, 5.74) is 0.0750. The van der Waals surface area contributed by atoms with Gasteiger partial charge in [0.1, 0.15) is 5.82 Å². The quantitative estimate of drug-likeness (QED) is 0.861. The minimum absolute atomic E-state index is 0.0750. The first-order valence-corrected chi connectivity index (χ1v) is 6.60. The standard InChI is InChI=1S/C12H14ClN3S/c1-12(2,9-4-3-7-17-9)8-15-10-5-6-14-11(13)16-10/h3-7H,8H2,1-2H3,(H,14,15,16). The Balaban J connectivity index is 2.03. The van der Waals surface area contributed by atoms with Crippen molar-refractivity contribution in [1.29, 1.82) is 0 Å². The minimum Gasteiger partial charge on any atom is -0.369 e. The number of nitrogens with zero attached hydrogens (tertiary/aromatic N) is 2. The van der Waals surface area contributed by atoms with E-state index < -0.39 is 0 Å². The summed E-state index contributed by atoms with van der Waals surface area (Å²) in [4.78, 5) is 9.31. The van der Waals surface area contributed by atoms with Crippen molar-refractivity contribution in [2.45, 2.75) is 19.3 Å². The second-order valence-electron chi connectivity index (χ2n) is 4.43. The van der Waals surface area contributed by atoms with Crippen LogP contribution in [0, 0.1) is 0 Å². The third-order valence-electron chi connectivity index (χ3n) is 2.53. The van der Waals surface area contributed by atoms with Crippen LogP contribution in [0.2, 0.25) is 5.28 Å². The van der Waals surface area contributed by atoms with E-state index in [1.807, 2.05) is 6.07 Å². The number of hydrogen-bond donors (Lipinski definition) is 1. The molecule has 17 heavy (non-hydrogen) atoms. The average Bonchev–Trinajstić information content (AvgIpc) is 2.81. The molecule has 1 N–H and O–H groups in total. The molecule has 2 aromatic heterocycles. The second-order valence-corrected chi connectivity index (χ2v) is 5.71. The fraction of sp³-hybridized carbons (Fsp3) is 0.333. The lowest BCUT2D eigenvalue weighted by Crippen LogP contribution is -2.26. The Morgan fingerprint density at radius 2 is 2.24 bits per heavy atom. The van der Waals surface area contributed by atoms with Crippen LogP contribution in [0.1, 0.15) is 18.7 Å². The van der Waals surface area contributed by atoms with Crippen molar-refractivity contribution in [3.63, 3.8) is 0 Å². The molecule has 3 nitrogen and oxygen atoms in total. The number of nitrogens with one attached hydrogen (secondary N) is 1. The Kier molecular flexibility index (Phi) is 3.64. The zero-order valence-electron chi connectivity index (χ0n) is 9.77. The molecule has 0 saturated heterocycles. The molecule has 0 atom stereocenters. The monoisotopic (exact) mass is 267 g/mol. The molecular weight excluding hydrogens is 254 g/mol. The van der Waals surface area contributed by atoms with E-state index in [0.29, 0.717) is 0 Å². The highest BCUT2D eigenvalue weighted by Gasteiger charge is 2.21. The van der Waals surface area contributed by atoms with Gasteiger partial charge >= 0.3 is 0 Å². The summed E-state index contributed by atoms with van der Waals surface area (Å²) in [7, 11) is 0. The van der Waals surface area contributed by atoms with Crippen molar-refractivity contribution in [3.8, 4) is 0 Å². The molecule has 0 fully saturated rings. The zero-order chi connectivity index (χ0) is 12.3. The highest BCUT2D eigenvalue weighted by atomic mass is 35.5. The molecule has 0 aliphatic carbocycles. The number of rotatable bonds is 4. The zero-order valence-corrected chi connectivity index (χ0v) is 11.3. The Morgan fingerprint density at radius 1 is 1.41 bits per heavy atom. The van der Waals surface area contributed by atoms with E-state index in [4.69, 9.17) is 11.6 Å². The maximum atomic E-state index is 5.73. The fourth-order valence-electron chi connectivity index (χ4n) is 1.50. The summed E-state index contributed by atoms with van der Waals surface area (Å²) < 4.78 is 0. The number of hydrogen-bond acceptors (Lipinski definition) is 4. The molecule has 0 spiro atoms. The summed E-state index contributed by atoms with van der Waals surface area (Å²) >= 11 is 7.50. The largest absolute Gasteiger partial charge is 0.369 e. The predicted molar refractivity (Wildman–Crippen MR) is 72.9 cm³/mol. The van der Waals surface area contributed by atoms with Crippen molar-refractivity contribution in [2.75, 3.05) is 11.9 Å². The molecule has 2 heterocycles. The van der Waals surface area contributed by atoms with Crippen molar-refractivity contribution in [2.24, 2.45) is 0 Å². The number of aromatic nitrogens is 2. The maximum Gasteiger partial charge on any atom is 0.224 e. The second kappa shape index (κ2) is 5.02. The molecule has 90 valence electrons. The molecule has 2 rings (SSSR count). The van der Waals surface area contributed by atoms with E-state index >= 15 is 0 Å². The van der Waals surface area contributed by atoms with E-state index in [9.17, 15) is 0 Å². The van der Waals surface area contributed by atoms with Crippen molar-refractivity contribution < 1.29 is 0 Å². The molecule has 0 saturated carbocycles. The highest BCUT2D eigenvalue weighted by molar-refractivity contribution is 7.10. The first-order chi connectivity index (χ1) is 8.08. The fourth-order valence-corrected chi connectivity index (χ4v) is 2.50. The van der Waals surface area contributed by atoms with E-state index in [1.54, 1.807) is 17.5 Å². The molecule has 0 aliphatic rings. The lowest BCUT2D eigenvalue weighted by Gasteiger charge is -2.23. The van der Waals surface area contributed by atoms with E-state index in [2.05, 4.69) is 46.6 Å². The number of halogens is 1. The third-order valence-corrected chi connectivity index (χ3v) is 3.94. The van der Waals surface area contributed by atoms with Gasteiger partial charge in [-0.25, -0.2) is 9.97 Å². The first kappa shape index (κ1) is 12.3. The average molecular weight is 268 g/mol. The third kappa shape index (κ3) is 3.17. The van der Waals surface area contributed by atoms with Crippen LogP contribution >= 0.6 is 22.9 Å². The van der Waals surface area contributed by atoms with Gasteiger partial charge in [0.05, 0.1) is 0 Å². The molecule has 5 heteroatoms. The topological polar surface area (TPSA) is 37.8 Å². The molecule has 0 radical (unpaired) electrons. The van der Waals surface area contributed by atoms with Gasteiger partial charge in [-0.3, -0.25) is 0 Å². The Morgan fingerprint density at radius 3 is 2.88 bits per heavy atom. The molecule has 0 unspecified atom stereocenters. The van der Waals surface area contributed by atoms with E-state index in [0.717, 1.165) is 12.4 Å². The molecule has 0 amide bonds. The van der Waals surface area contributed by atoms with Gasteiger partial charge in [-0.2, -0.15) is 0 Å². The maximum absolute atomic E-state index is 5.73. The van der Waals surface area contributed by atoms with Crippen LogP contribution in [0.25, 0.3) is 0 Å². The normalized spacial score (nSPS) is 11.5. The van der Waals surface area contributed by atoms with Crippen LogP contribution in [0.15, 0.2) is 29.8 Å². The first-order valence-electron chi connectivity index (χ1n) is 5.34.